The van der Waals surface area contributed by atoms with Gasteiger partial charge in [-0.2, -0.15) is 0 Å². The number of halogens is 1. The van der Waals surface area contributed by atoms with Crippen molar-refractivity contribution >= 4 is 33.0 Å². The summed E-state index contributed by atoms with van der Waals surface area (Å²) in [6.07, 6.45) is 0. The lowest BCUT2D eigenvalue weighted by atomic mass is 10.0. The van der Waals surface area contributed by atoms with Crippen molar-refractivity contribution in [2.75, 3.05) is 4.72 Å². The van der Waals surface area contributed by atoms with Gasteiger partial charge in [0.05, 0.1) is 10.9 Å². The molecule has 32 heavy (non-hydrogen) atoms. The maximum absolute atomic E-state index is 13.1. The summed E-state index contributed by atoms with van der Waals surface area (Å²) in [6, 6.07) is 24.0. The monoisotopic (exact) mass is 466 g/mol. The van der Waals surface area contributed by atoms with Crippen LogP contribution >= 0.6 is 11.3 Å². The number of thiophene rings is 1. The molecule has 1 atom stereocenters. The summed E-state index contributed by atoms with van der Waals surface area (Å²) in [5.74, 6) is -0.795. The number of hydrogen-bond acceptors (Lipinski definition) is 4. The van der Waals surface area contributed by atoms with E-state index in [1.165, 1.54) is 24.3 Å². The molecule has 8 heteroatoms. The first kappa shape index (κ1) is 21.7. The molecule has 3 aromatic carbocycles. The predicted molar refractivity (Wildman–Crippen MR) is 124 cm³/mol. The second-order valence-corrected chi connectivity index (χ2v) is 9.63. The van der Waals surface area contributed by atoms with E-state index in [0.717, 1.165) is 22.6 Å². The number of hydrogen-bond donors (Lipinski definition) is 2. The van der Waals surface area contributed by atoms with E-state index in [9.17, 15) is 17.6 Å². The molecule has 2 N–H and O–H groups in total. The highest BCUT2D eigenvalue weighted by Gasteiger charge is 2.19. The summed E-state index contributed by atoms with van der Waals surface area (Å²) < 4.78 is 40.4. The third-order valence-corrected chi connectivity index (χ3v) is 7.09. The van der Waals surface area contributed by atoms with Gasteiger partial charge in [-0.25, -0.2) is 12.8 Å². The van der Waals surface area contributed by atoms with Crippen LogP contribution in [0.1, 0.15) is 26.8 Å². The molecular formula is C24H19FN2O3S2. The molecule has 0 saturated carbocycles. The predicted octanol–water partition coefficient (Wildman–Crippen LogP) is 5.21. The van der Waals surface area contributed by atoms with E-state index in [2.05, 4.69) is 10.0 Å². The molecule has 0 radical (unpaired) electrons. The fourth-order valence-corrected chi connectivity index (χ4v) is 5.01. The van der Waals surface area contributed by atoms with Crippen LogP contribution in [-0.4, -0.2) is 14.3 Å². The van der Waals surface area contributed by atoms with E-state index in [-0.39, 0.29) is 16.8 Å². The zero-order valence-corrected chi connectivity index (χ0v) is 18.4. The van der Waals surface area contributed by atoms with Crippen molar-refractivity contribution in [3.63, 3.8) is 0 Å². The van der Waals surface area contributed by atoms with Crippen LogP contribution in [0.5, 0.6) is 0 Å². The van der Waals surface area contributed by atoms with Crippen molar-refractivity contribution < 1.29 is 17.6 Å². The Kier molecular flexibility index (Phi) is 6.34. The Morgan fingerprint density at radius 1 is 0.844 bits per heavy atom. The minimum atomic E-state index is -3.86. The lowest BCUT2D eigenvalue weighted by Crippen LogP contribution is -2.28. The van der Waals surface area contributed by atoms with Gasteiger partial charge in [0, 0.05) is 16.1 Å². The summed E-state index contributed by atoms with van der Waals surface area (Å²) in [5.41, 5.74) is 1.66. The largest absolute Gasteiger partial charge is 0.340 e. The van der Waals surface area contributed by atoms with Gasteiger partial charge < -0.3 is 5.32 Å². The molecule has 0 aliphatic rings. The van der Waals surface area contributed by atoms with Gasteiger partial charge in [0.2, 0.25) is 0 Å². The summed E-state index contributed by atoms with van der Waals surface area (Å²) >= 11 is 1.56. The van der Waals surface area contributed by atoms with Crippen LogP contribution < -0.4 is 10.0 Å². The highest BCUT2D eigenvalue weighted by Crippen LogP contribution is 2.26. The number of amides is 1. The Labute approximate surface area is 189 Å². The Hall–Kier alpha value is -3.49. The molecule has 0 aliphatic carbocycles. The standard InChI is InChI=1S/C24H19FN2O3S2/c25-19-10-14-21(15-11-19)32(29,30)27-20-12-8-18(9-13-20)24(28)26-23(22-7-4-16-31-22)17-5-2-1-3-6-17/h1-16,23,27H,(H,26,28)/t23-/m1/s1. The zero-order valence-electron chi connectivity index (χ0n) is 16.7. The van der Waals surface area contributed by atoms with Crippen molar-refractivity contribution in [1.82, 2.24) is 5.32 Å². The van der Waals surface area contributed by atoms with Crippen molar-refractivity contribution in [3.05, 3.63) is 118 Å². The Morgan fingerprint density at radius 3 is 2.16 bits per heavy atom. The summed E-state index contributed by atoms with van der Waals surface area (Å²) in [5, 5.41) is 5.01. The smallest absolute Gasteiger partial charge is 0.261 e. The number of benzene rings is 3. The van der Waals surface area contributed by atoms with Gasteiger partial charge in [-0.15, -0.1) is 11.3 Å². The molecule has 0 unspecified atom stereocenters. The summed E-state index contributed by atoms with van der Waals surface area (Å²) in [4.78, 5) is 13.8. The van der Waals surface area contributed by atoms with E-state index in [1.807, 2.05) is 47.8 Å². The molecule has 1 aromatic heterocycles. The molecule has 0 fully saturated rings. The molecule has 4 aromatic rings. The molecule has 0 saturated heterocycles. The lowest BCUT2D eigenvalue weighted by Gasteiger charge is -2.18. The molecule has 0 bridgehead atoms. The van der Waals surface area contributed by atoms with E-state index in [1.54, 1.807) is 23.5 Å². The topological polar surface area (TPSA) is 75.3 Å². The number of anilines is 1. The highest BCUT2D eigenvalue weighted by molar-refractivity contribution is 7.92. The van der Waals surface area contributed by atoms with Crippen molar-refractivity contribution in [1.29, 1.82) is 0 Å². The molecule has 5 nitrogen and oxygen atoms in total. The lowest BCUT2D eigenvalue weighted by molar-refractivity contribution is 0.0943. The molecule has 0 spiro atoms. The molecular weight excluding hydrogens is 447 g/mol. The van der Waals surface area contributed by atoms with Crippen LogP contribution in [0.4, 0.5) is 10.1 Å². The van der Waals surface area contributed by atoms with Crippen LogP contribution in [0.25, 0.3) is 0 Å². The first-order valence-corrected chi connectivity index (χ1v) is 12.1. The van der Waals surface area contributed by atoms with Crippen molar-refractivity contribution in [3.8, 4) is 0 Å². The van der Waals surface area contributed by atoms with Gasteiger partial charge >= 0.3 is 0 Å². The molecule has 4 rings (SSSR count). The summed E-state index contributed by atoms with van der Waals surface area (Å²) in [7, 11) is -3.86. The van der Waals surface area contributed by atoms with Gasteiger partial charge in [-0.05, 0) is 65.5 Å². The molecule has 162 valence electrons. The Balaban J connectivity index is 1.49. The van der Waals surface area contributed by atoms with Gasteiger partial charge in [0.25, 0.3) is 15.9 Å². The van der Waals surface area contributed by atoms with Crippen LogP contribution in [0.15, 0.2) is 101 Å². The quantitative estimate of drug-likeness (QED) is 0.393. The van der Waals surface area contributed by atoms with E-state index in [0.29, 0.717) is 11.3 Å². The maximum atomic E-state index is 13.1. The third kappa shape index (κ3) is 5.04. The average molecular weight is 467 g/mol. The van der Waals surface area contributed by atoms with Crippen LogP contribution in [0.3, 0.4) is 0 Å². The number of carbonyl (C=O) groups excluding carboxylic acids is 1. The fraction of sp³-hybridized carbons (Fsp3) is 0.0417. The fourth-order valence-electron chi connectivity index (χ4n) is 3.15. The average Bonchev–Trinajstić information content (AvgIpc) is 3.33. The van der Waals surface area contributed by atoms with E-state index in [4.69, 9.17) is 0 Å². The molecule has 1 amide bonds. The third-order valence-electron chi connectivity index (χ3n) is 4.76. The second kappa shape index (κ2) is 9.33. The Bertz CT molecular complexity index is 1290. The first-order valence-electron chi connectivity index (χ1n) is 9.70. The second-order valence-electron chi connectivity index (χ2n) is 6.97. The SMILES string of the molecule is O=C(N[C@H](c1ccccc1)c1cccs1)c1ccc(NS(=O)(=O)c2ccc(F)cc2)cc1. The first-order chi connectivity index (χ1) is 15.4. The van der Waals surface area contributed by atoms with Gasteiger partial charge in [-0.3, -0.25) is 9.52 Å². The van der Waals surface area contributed by atoms with Crippen molar-refractivity contribution in [2.45, 2.75) is 10.9 Å². The molecule has 1 heterocycles. The van der Waals surface area contributed by atoms with Crippen molar-refractivity contribution in [2.24, 2.45) is 0 Å². The minimum absolute atomic E-state index is 0.0534. The number of nitrogens with one attached hydrogen (secondary N) is 2. The van der Waals surface area contributed by atoms with Crippen LogP contribution in [0.2, 0.25) is 0 Å². The van der Waals surface area contributed by atoms with Crippen LogP contribution in [-0.2, 0) is 10.0 Å². The van der Waals surface area contributed by atoms with Gasteiger partial charge in [0.15, 0.2) is 0 Å². The van der Waals surface area contributed by atoms with Gasteiger partial charge in [0.1, 0.15) is 5.82 Å². The highest BCUT2D eigenvalue weighted by atomic mass is 32.2. The number of sulfonamides is 1. The zero-order chi connectivity index (χ0) is 22.6. The van der Waals surface area contributed by atoms with E-state index >= 15 is 0 Å². The molecule has 0 aliphatic heterocycles. The number of carbonyl (C=O) groups is 1. The van der Waals surface area contributed by atoms with Gasteiger partial charge in [-0.1, -0.05) is 36.4 Å². The number of rotatable bonds is 7. The van der Waals surface area contributed by atoms with Crippen LogP contribution in [0, 0.1) is 5.82 Å². The maximum Gasteiger partial charge on any atom is 0.261 e. The Morgan fingerprint density at radius 2 is 1.53 bits per heavy atom. The van der Waals surface area contributed by atoms with E-state index < -0.39 is 15.8 Å². The normalized spacial score (nSPS) is 12.2. The summed E-state index contributed by atoms with van der Waals surface area (Å²) in [6.45, 7) is 0. The minimum Gasteiger partial charge on any atom is -0.340 e.